The largest absolute Gasteiger partial charge is 0.508 e. The lowest BCUT2D eigenvalue weighted by Gasteiger charge is -2.23. The highest BCUT2D eigenvalue weighted by atomic mass is 19.1. The fraction of sp³-hybridized carbons (Fsp3) is 0.200. The Balaban J connectivity index is 1.26. The van der Waals surface area contributed by atoms with Gasteiger partial charge >= 0.3 is 0 Å². The summed E-state index contributed by atoms with van der Waals surface area (Å²) in [6.07, 6.45) is 11.4. The normalized spacial score (nSPS) is 14.3. The maximum absolute atomic E-state index is 14.0. The van der Waals surface area contributed by atoms with E-state index in [4.69, 9.17) is 9.72 Å². The number of nitrogens with one attached hydrogen (secondary N) is 2. The van der Waals surface area contributed by atoms with Crippen LogP contribution in [0.5, 0.6) is 11.5 Å². The summed E-state index contributed by atoms with van der Waals surface area (Å²) in [5, 5.41) is 18.4. The van der Waals surface area contributed by atoms with Gasteiger partial charge in [-0.1, -0.05) is 12.5 Å². The molecule has 194 valence electrons. The van der Waals surface area contributed by atoms with E-state index in [-0.39, 0.29) is 11.9 Å². The number of halogens is 1. The number of phenols is 1. The van der Waals surface area contributed by atoms with Gasteiger partial charge in [-0.15, -0.1) is 0 Å². The Hall–Kier alpha value is -4.79. The lowest BCUT2D eigenvalue weighted by molar-refractivity contribution is 0.154. The van der Waals surface area contributed by atoms with E-state index >= 15 is 0 Å². The molecule has 0 radical (unpaired) electrons. The van der Waals surface area contributed by atoms with Gasteiger partial charge in [-0.05, 0) is 67.6 Å². The molecule has 6 aromatic rings. The van der Waals surface area contributed by atoms with Crippen LogP contribution < -0.4 is 4.74 Å². The molecule has 39 heavy (non-hydrogen) atoms. The van der Waals surface area contributed by atoms with Crippen molar-refractivity contribution in [3.63, 3.8) is 0 Å². The summed E-state index contributed by atoms with van der Waals surface area (Å²) in [4.78, 5) is 17.0. The third-order valence-corrected chi connectivity index (χ3v) is 7.25. The molecule has 3 N–H and O–H groups in total. The Bertz CT molecular complexity index is 1800. The zero-order chi connectivity index (χ0) is 26.3. The fourth-order valence-corrected chi connectivity index (χ4v) is 5.36. The van der Waals surface area contributed by atoms with Crippen molar-refractivity contribution in [2.75, 3.05) is 0 Å². The lowest BCUT2D eigenvalue weighted by Crippen LogP contribution is -2.19. The number of imidazole rings is 1. The van der Waals surface area contributed by atoms with E-state index in [1.54, 1.807) is 18.5 Å². The Kier molecular flexibility index (Phi) is 5.69. The molecule has 1 aliphatic rings. The first-order valence-electron chi connectivity index (χ1n) is 13.1. The molecular formula is C30H25FN6O2. The Morgan fingerprint density at radius 3 is 2.64 bits per heavy atom. The third kappa shape index (κ3) is 4.46. The average Bonchev–Trinajstić information content (AvgIpc) is 3.57. The Morgan fingerprint density at radius 2 is 1.77 bits per heavy atom. The number of rotatable bonds is 5. The quantitative estimate of drug-likeness (QED) is 0.231. The number of phenolic OH excluding ortho intramolecular Hbond substituents is 1. The molecule has 1 aliphatic carbocycles. The number of aromatic hydroxyl groups is 1. The predicted molar refractivity (Wildman–Crippen MR) is 147 cm³/mol. The zero-order valence-corrected chi connectivity index (χ0v) is 21.0. The van der Waals surface area contributed by atoms with Crippen LogP contribution in [0.2, 0.25) is 0 Å². The van der Waals surface area contributed by atoms with E-state index in [1.165, 1.54) is 31.4 Å². The number of aromatic amines is 2. The summed E-state index contributed by atoms with van der Waals surface area (Å²) in [5.74, 6) is 0.615. The molecule has 4 heterocycles. The molecule has 0 bridgehead atoms. The van der Waals surface area contributed by atoms with Crippen LogP contribution in [0, 0.1) is 5.82 Å². The minimum absolute atomic E-state index is 0.173. The first-order chi connectivity index (χ1) is 19.1. The maximum Gasteiger partial charge on any atom is 0.159 e. The molecular weight excluding hydrogens is 495 g/mol. The van der Waals surface area contributed by atoms with Crippen LogP contribution in [0.25, 0.3) is 55.8 Å². The monoisotopic (exact) mass is 520 g/mol. The second-order valence-corrected chi connectivity index (χ2v) is 9.96. The van der Waals surface area contributed by atoms with Crippen molar-refractivity contribution in [2.24, 2.45) is 0 Å². The standard InChI is InChI=1S/C30H25FN6O2/c31-20-10-18(11-21(38)14-20)27-29-26(8-9-33-27)34-30(35-29)28-24-13-17(6-7-25(24)36-37-28)19-12-23(16-32-15-19)39-22-4-2-1-3-5-22/h6-16,22,38H,1-5H2,(H,34,35)(H,36,37). The molecule has 0 aliphatic heterocycles. The van der Waals surface area contributed by atoms with Crippen molar-refractivity contribution in [1.82, 2.24) is 30.1 Å². The van der Waals surface area contributed by atoms with Gasteiger partial charge in [-0.3, -0.25) is 15.1 Å². The fourth-order valence-electron chi connectivity index (χ4n) is 5.36. The number of nitrogens with zero attached hydrogens (tertiary/aromatic N) is 4. The zero-order valence-electron chi connectivity index (χ0n) is 21.0. The summed E-state index contributed by atoms with van der Waals surface area (Å²) in [5.41, 5.74) is 5.65. The molecule has 4 aromatic heterocycles. The number of pyridine rings is 2. The molecule has 0 spiro atoms. The summed E-state index contributed by atoms with van der Waals surface area (Å²) < 4.78 is 20.2. The molecule has 0 atom stereocenters. The smallest absolute Gasteiger partial charge is 0.159 e. The van der Waals surface area contributed by atoms with E-state index in [1.807, 2.05) is 24.4 Å². The molecule has 8 nitrogen and oxygen atoms in total. The van der Waals surface area contributed by atoms with E-state index in [0.29, 0.717) is 28.3 Å². The van der Waals surface area contributed by atoms with Crippen molar-refractivity contribution < 1.29 is 14.2 Å². The molecule has 1 fully saturated rings. The van der Waals surface area contributed by atoms with Crippen molar-refractivity contribution in [1.29, 1.82) is 0 Å². The topological polar surface area (TPSA) is 113 Å². The van der Waals surface area contributed by atoms with Gasteiger partial charge in [0.2, 0.25) is 0 Å². The predicted octanol–water partition coefficient (Wildman–Crippen LogP) is 6.79. The van der Waals surface area contributed by atoms with Crippen molar-refractivity contribution in [3.05, 3.63) is 72.9 Å². The molecule has 0 amide bonds. The van der Waals surface area contributed by atoms with E-state index in [0.717, 1.165) is 52.2 Å². The highest BCUT2D eigenvalue weighted by molar-refractivity contribution is 5.97. The molecule has 9 heteroatoms. The van der Waals surface area contributed by atoms with Gasteiger partial charge in [0.25, 0.3) is 0 Å². The highest BCUT2D eigenvalue weighted by Crippen LogP contribution is 2.34. The average molecular weight is 521 g/mol. The lowest BCUT2D eigenvalue weighted by atomic mass is 9.98. The van der Waals surface area contributed by atoms with E-state index in [9.17, 15) is 9.50 Å². The summed E-state index contributed by atoms with van der Waals surface area (Å²) in [7, 11) is 0. The summed E-state index contributed by atoms with van der Waals surface area (Å²) in [6, 6.07) is 13.8. The molecule has 7 rings (SSSR count). The van der Waals surface area contributed by atoms with Crippen LogP contribution >= 0.6 is 0 Å². The highest BCUT2D eigenvalue weighted by Gasteiger charge is 2.18. The SMILES string of the molecule is Oc1cc(F)cc(-c2nccc3[nH]c(-c4n[nH]c5ccc(-c6cncc(OC7CCCCC7)c6)cc45)nc23)c1. The number of hydrogen-bond donors (Lipinski definition) is 3. The number of fused-ring (bicyclic) bond motifs is 2. The summed E-state index contributed by atoms with van der Waals surface area (Å²) in [6.45, 7) is 0. The molecule has 2 aromatic carbocycles. The van der Waals surface area contributed by atoms with Gasteiger partial charge in [0.1, 0.15) is 28.5 Å². The second kappa shape index (κ2) is 9.50. The maximum atomic E-state index is 14.0. The van der Waals surface area contributed by atoms with Crippen LogP contribution in [0.4, 0.5) is 4.39 Å². The van der Waals surface area contributed by atoms with E-state index in [2.05, 4.69) is 31.2 Å². The first kappa shape index (κ1) is 23.3. The van der Waals surface area contributed by atoms with Gasteiger partial charge in [-0.25, -0.2) is 9.37 Å². The van der Waals surface area contributed by atoms with Crippen LogP contribution in [-0.2, 0) is 0 Å². The van der Waals surface area contributed by atoms with Gasteiger partial charge < -0.3 is 14.8 Å². The van der Waals surface area contributed by atoms with Crippen molar-refractivity contribution >= 4 is 21.9 Å². The van der Waals surface area contributed by atoms with Crippen molar-refractivity contribution in [3.8, 4) is 45.4 Å². The van der Waals surface area contributed by atoms with Gasteiger partial charge in [0, 0.05) is 35.0 Å². The Labute approximate surface area is 222 Å². The van der Waals surface area contributed by atoms with E-state index < -0.39 is 5.82 Å². The molecule has 1 saturated carbocycles. The first-order valence-corrected chi connectivity index (χ1v) is 13.1. The molecule has 0 unspecified atom stereocenters. The summed E-state index contributed by atoms with van der Waals surface area (Å²) >= 11 is 0. The van der Waals surface area contributed by atoms with Crippen LogP contribution in [0.15, 0.2) is 67.1 Å². The number of aromatic nitrogens is 6. The number of benzene rings is 2. The molecule has 0 saturated heterocycles. The van der Waals surface area contributed by atoms with Crippen LogP contribution in [0.3, 0.4) is 0 Å². The van der Waals surface area contributed by atoms with Gasteiger partial charge in [-0.2, -0.15) is 5.10 Å². The van der Waals surface area contributed by atoms with Gasteiger partial charge in [0.15, 0.2) is 5.82 Å². The number of ether oxygens (including phenoxy) is 1. The minimum atomic E-state index is -0.548. The minimum Gasteiger partial charge on any atom is -0.508 e. The van der Waals surface area contributed by atoms with Gasteiger partial charge in [0.05, 0.1) is 29.0 Å². The number of hydrogen-bond acceptors (Lipinski definition) is 6. The number of H-pyrrole nitrogens is 2. The van der Waals surface area contributed by atoms with Crippen molar-refractivity contribution in [2.45, 2.75) is 38.2 Å². The second-order valence-electron chi connectivity index (χ2n) is 9.96. The Morgan fingerprint density at radius 1 is 0.872 bits per heavy atom. The van der Waals surface area contributed by atoms with Crippen LogP contribution in [-0.4, -0.2) is 41.3 Å². The van der Waals surface area contributed by atoms with Crippen LogP contribution in [0.1, 0.15) is 32.1 Å². The third-order valence-electron chi connectivity index (χ3n) is 7.25.